The number of furan rings is 1. The molecule has 0 radical (unpaired) electrons. The van der Waals surface area contributed by atoms with E-state index in [1.807, 2.05) is 12.4 Å². The van der Waals surface area contributed by atoms with Gasteiger partial charge in [-0.05, 0) is 61.1 Å². The molecule has 37 heavy (non-hydrogen) atoms. The molecule has 6 rings (SSSR count). The van der Waals surface area contributed by atoms with E-state index in [4.69, 9.17) is 4.42 Å². The smallest absolute Gasteiger partial charge is 0.296 e. The van der Waals surface area contributed by atoms with Crippen molar-refractivity contribution in [2.24, 2.45) is 7.05 Å². The Balaban J connectivity index is 1.87. The average molecular weight is 489 g/mol. The molecule has 3 aromatic heterocycles. The van der Waals surface area contributed by atoms with E-state index in [0.717, 1.165) is 22.6 Å². The van der Waals surface area contributed by atoms with Crippen LogP contribution in [0.5, 0.6) is 0 Å². The summed E-state index contributed by atoms with van der Waals surface area (Å²) >= 11 is 0. The molecule has 0 aliphatic rings. The number of imidazole rings is 1. The minimum atomic E-state index is 0.257. The quantitative estimate of drug-likeness (QED) is 0.234. The second kappa shape index (κ2) is 8.58. The van der Waals surface area contributed by atoms with Crippen LogP contribution in [0.4, 0.5) is 0 Å². The van der Waals surface area contributed by atoms with Gasteiger partial charge in [0.1, 0.15) is 16.9 Å². The average Bonchev–Trinajstić information content (AvgIpc) is 3.39. The van der Waals surface area contributed by atoms with E-state index in [1.54, 1.807) is 0 Å². The minimum Gasteiger partial charge on any atom is -0.456 e. The van der Waals surface area contributed by atoms with Crippen molar-refractivity contribution < 1.29 is 8.98 Å². The Labute approximate surface area is 218 Å². The van der Waals surface area contributed by atoms with Gasteiger partial charge in [-0.15, -0.1) is 0 Å². The van der Waals surface area contributed by atoms with Crippen LogP contribution in [-0.2, 0) is 7.05 Å². The molecular weight excluding hydrogens is 454 g/mol. The number of rotatable bonds is 4. The number of fused-ring (bicyclic) bond motifs is 4. The molecule has 0 amide bonds. The predicted octanol–water partition coefficient (Wildman–Crippen LogP) is 8.28. The lowest BCUT2D eigenvalue weighted by Crippen LogP contribution is -2.30. The van der Waals surface area contributed by atoms with Gasteiger partial charge < -0.3 is 4.42 Å². The molecule has 3 aromatic carbocycles. The van der Waals surface area contributed by atoms with Crippen molar-refractivity contribution in [1.82, 2.24) is 9.55 Å². The van der Waals surface area contributed by atoms with E-state index >= 15 is 0 Å². The van der Waals surface area contributed by atoms with Gasteiger partial charge in [0.25, 0.3) is 5.82 Å². The zero-order chi connectivity index (χ0) is 26.0. The van der Waals surface area contributed by atoms with Gasteiger partial charge >= 0.3 is 0 Å². The fourth-order valence-corrected chi connectivity index (χ4v) is 5.82. The van der Waals surface area contributed by atoms with Crippen molar-refractivity contribution in [1.29, 1.82) is 0 Å². The van der Waals surface area contributed by atoms with Gasteiger partial charge in [0.15, 0.2) is 11.0 Å². The van der Waals surface area contributed by atoms with Crippen LogP contribution in [0.2, 0.25) is 0 Å². The standard InChI is InChI=1S/C33H34N3O/c1-19(2)24-16-25-23-12-8-11-15-29(23)37-32(25)30(20(3)4)31(24)36-28-14-10-9-13-27(28)35(7)33(36)26-18-34-17-21(5)22(26)6/h8-20H,1-7H3/q+1. The van der Waals surface area contributed by atoms with Crippen LogP contribution in [0.1, 0.15) is 61.8 Å². The first kappa shape index (κ1) is 23.5. The second-order valence-electron chi connectivity index (χ2n) is 10.8. The van der Waals surface area contributed by atoms with E-state index in [-0.39, 0.29) is 5.92 Å². The molecule has 0 aliphatic heterocycles. The van der Waals surface area contributed by atoms with Crippen LogP contribution in [0.25, 0.3) is 50.0 Å². The van der Waals surface area contributed by atoms with Crippen LogP contribution in [0.3, 0.4) is 0 Å². The normalized spacial score (nSPS) is 12.1. The van der Waals surface area contributed by atoms with Crippen molar-refractivity contribution in [3.8, 4) is 17.1 Å². The number of nitrogens with zero attached hydrogens (tertiary/aromatic N) is 3. The van der Waals surface area contributed by atoms with Gasteiger partial charge in [0.05, 0.1) is 12.6 Å². The van der Waals surface area contributed by atoms with E-state index < -0.39 is 0 Å². The van der Waals surface area contributed by atoms with E-state index in [9.17, 15) is 0 Å². The van der Waals surface area contributed by atoms with Crippen LogP contribution in [0.15, 0.2) is 71.4 Å². The largest absolute Gasteiger partial charge is 0.456 e. The van der Waals surface area contributed by atoms with Gasteiger partial charge in [-0.2, -0.15) is 4.57 Å². The van der Waals surface area contributed by atoms with Gasteiger partial charge in [0, 0.05) is 34.3 Å². The van der Waals surface area contributed by atoms with Crippen LogP contribution >= 0.6 is 0 Å². The highest BCUT2D eigenvalue weighted by atomic mass is 16.3. The highest BCUT2D eigenvalue weighted by molar-refractivity contribution is 6.07. The van der Waals surface area contributed by atoms with Gasteiger partial charge in [0.2, 0.25) is 0 Å². The molecule has 0 unspecified atom stereocenters. The number of para-hydroxylation sites is 3. The summed E-state index contributed by atoms with van der Waals surface area (Å²) in [6.07, 6.45) is 3.96. The summed E-state index contributed by atoms with van der Waals surface area (Å²) in [6, 6.07) is 19.5. The summed E-state index contributed by atoms with van der Waals surface area (Å²) < 4.78 is 11.4. The summed E-state index contributed by atoms with van der Waals surface area (Å²) in [5.41, 5.74) is 11.7. The van der Waals surface area contributed by atoms with E-state index in [0.29, 0.717) is 5.92 Å². The topological polar surface area (TPSA) is 34.8 Å². The summed E-state index contributed by atoms with van der Waals surface area (Å²) in [5, 5.41) is 2.37. The fraction of sp³-hybridized carbons (Fsp3) is 0.273. The lowest BCUT2D eigenvalue weighted by molar-refractivity contribution is -0.633. The van der Waals surface area contributed by atoms with E-state index in [1.165, 1.54) is 49.7 Å². The molecule has 0 fully saturated rings. The summed E-state index contributed by atoms with van der Waals surface area (Å²) in [5.74, 6) is 1.71. The van der Waals surface area contributed by atoms with Crippen LogP contribution < -0.4 is 4.57 Å². The molecule has 0 atom stereocenters. The van der Waals surface area contributed by atoms with Gasteiger partial charge in [-0.3, -0.25) is 4.98 Å². The zero-order valence-electron chi connectivity index (χ0n) is 22.8. The molecule has 0 saturated carbocycles. The molecule has 4 nitrogen and oxygen atoms in total. The van der Waals surface area contributed by atoms with Crippen molar-refractivity contribution >= 4 is 33.0 Å². The molecule has 0 bridgehead atoms. The van der Waals surface area contributed by atoms with Crippen LogP contribution in [0, 0.1) is 13.8 Å². The number of pyridine rings is 1. The van der Waals surface area contributed by atoms with Gasteiger partial charge in [-0.1, -0.05) is 58.0 Å². The van der Waals surface area contributed by atoms with Gasteiger partial charge in [-0.25, -0.2) is 4.57 Å². The molecule has 0 saturated heterocycles. The molecule has 6 aromatic rings. The van der Waals surface area contributed by atoms with Crippen molar-refractivity contribution in [3.63, 3.8) is 0 Å². The molecule has 186 valence electrons. The third-order valence-electron chi connectivity index (χ3n) is 7.85. The summed E-state index contributed by atoms with van der Waals surface area (Å²) in [7, 11) is 2.17. The van der Waals surface area contributed by atoms with Crippen molar-refractivity contribution in [2.75, 3.05) is 0 Å². The molecule has 4 heteroatoms. The highest BCUT2D eigenvalue weighted by Crippen LogP contribution is 2.43. The number of aryl methyl sites for hydroxylation is 2. The molecule has 3 heterocycles. The van der Waals surface area contributed by atoms with Crippen molar-refractivity contribution in [3.05, 3.63) is 89.2 Å². The Morgan fingerprint density at radius 3 is 2.35 bits per heavy atom. The maximum Gasteiger partial charge on any atom is 0.296 e. The maximum absolute atomic E-state index is 6.62. The molecular formula is C33H34N3O+. The zero-order valence-corrected chi connectivity index (χ0v) is 22.8. The Morgan fingerprint density at radius 1 is 0.865 bits per heavy atom. The first-order valence-corrected chi connectivity index (χ1v) is 13.2. The number of aromatic nitrogens is 3. The Kier molecular flexibility index (Phi) is 5.45. The lowest BCUT2D eigenvalue weighted by Gasteiger charge is -2.19. The molecule has 0 N–H and O–H groups in total. The SMILES string of the molecule is Cc1cncc(-c2n(-c3c(C(C)C)cc4c(oc5ccccc54)c3C(C)C)c3ccccc3[n+]2C)c1C. The van der Waals surface area contributed by atoms with Crippen LogP contribution in [-0.4, -0.2) is 9.55 Å². The minimum absolute atomic E-state index is 0.257. The van der Waals surface area contributed by atoms with Crippen molar-refractivity contribution in [2.45, 2.75) is 53.4 Å². The summed E-state index contributed by atoms with van der Waals surface area (Å²) in [4.78, 5) is 4.62. The Morgan fingerprint density at radius 2 is 1.59 bits per heavy atom. The molecule has 0 spiro atoms. The lowest BCUT2D eigenvalue weighted by atomic mass is 9.89. The number of hydrogen-bond acceptors (Lipinski definition) is 2. The Bertz CT molecular complexity index is 1820. The third kappa shape index (κ3) is 3.42. The monoisotopic (exact) mass is 488 g/mol. The maximum atomic E-state index is 6.62. The number of benzene rings is 3. The Hall–Kier alpha value is -3.92. The summed E-state index contributed by atoms with van der Waals surface area (Å²) in [6.45, 7) is 13.5. The highest BCUT2D eigenvalue weighted by Gasteiger charge is 2.33. The van der Waals surface area contributed by atoms with E-state index in [2.05, 4.69) is 117 Å². The predicted molar refractivity (Wildman–Crippen MR) is 153 cm³/mol. The fourth-order valence-electron chi connectivity index (χ4n) is 5.82. The first-order valence-electron chi connectivity index (χ1n) is 13.2. The second-order valence-corrected chi connectivity index (χ2v) is 10.8. The molecule has 0 aliphatic carbocycles. The third-order valence-corrected chi connectivity index (χ3v) is 7.85. The number of hydrogen-bond donors (Lipinski definition) is 0. The first-order chi connectivity index (χ1) is 17.8.